The van der Waals surface area contributed by atoms with Crippen LogP contribution in [0.2, 0.25) is 0 Å². The van der Waals surface area contributed by atoms with Gasteiger partial charge in [0.2, 0.25) is 11.8 Å². The lowest BCUT2D eigenvalue weighted by atomic mass is 10.2. The highest BCUT2D eigenvalue weighted by Gasteiger charge is 2.32. The third kappa shape index (κ3) is 2.46. The van der Waals surface area contributed by atoms with Gasteiger partial charge in [-0.1, -0.05) is 0 Å². The van der Waals surface area contributed by atoms with E-state index in [1.54, 1.807) is 29.0 Å². The zero-order chi connectivity index (χ0) is 12.4. The van der Waals surface area contributed by atoms with E-state index in [0.717, 1.165) is 12.0 Å². The molecule has 6 nitrogen and oxygen atoms in total. The Morgan fingerprint density at radius 3 is 2.94 bits per heavy atom. The fourth-order valence-corrected chi connectivity index (χ4v) is 2.20. The van der Waals surface area contributed by atoms with Gasteiger partial charge in [0.1, 0.15) is 6.04 Å². The molecular formula is C11H16N4O2. The van der Waals surface area contributed by atoms with Gasteiger partial charge in [0.15, 0.2) is 0 Å². The molecule has 2 N–H and O–H groups in total. The maximum absolute atomic E-state index is 12.0. The van der Waals surface area contributed by atoms with Crippen LogP contribution >= 0.6 is 0 Å². The van der Waals surface area contributed by atoms with Gasteiger partial charge in [0.25, 0.3) is 0 Å². The van der Waals surface area contributed by atoms with Crippen LogP contribution in [0.1, 0.15) is 18.4 Å². The second-order valence-electron chi connectivity index (χ2n) is 4.35. The van der Waals surface area contributed by atoms with Crippen molar-refractivity contribution in [3.8, 4) is 0 Å². The van der Waals surface area contributed by atoms with E-state index in [9.17, 15) is 9.59 Å². The number of likely N-dealkylation sites (tertiary alicyclic amines) is 1. The first-order valence-corrected chi connectivity index (χ1v) is 5.64. The van der Waals surface area contributed by atoms with Gasteiger partial charge < -0.3 is 10.6 Å². The number of carbonyl (C=O) groups is 2. The third-order valence-corrected chi connectivity index (χ3v) is 3.02. The highest BCUT2D eigenvalue weighted by atomic mass is 16.2. The normalized spacial score (nSPS) is 19.6. The summed E-state index contributed by atoms with van der Waals surface area (Å²) < 4.78 is 1.65. The number of aromatic nitrogens is 2. The SMILES string of the molecule is Cn1cc(CC(=O)N2CCCC2C(N)=O)cn1. The van der Waals surface area contributed by atoms with Crippen molar-refractivity contribution in [3.05, 3.63) is 18.0 Å². The summed E-state index contributed by atoms with van der Waals surface area (Å²) >= 11 is 0. The molecule has 17 heavy (non-hydrogen) atoms. The van der Waals surface area contributed by atoms with Gasteiger partial charge in [-0.25, -0.2) is 0 Å². The number of hydrogen-bond acceptors (Lipinski definition) is 3. The number of aryl methyl sites for hydroxylation is 1. The van der Waals surface area contributed by atoms with Crippen LogP contribution in [0.15, 0.2) is 12.4 Å². The van der Waals surface area contributed by atoms with Crippen LogP contribution in [-0.2, 0) is 23.1 Å². The minimum absolute atomic E-state index is 0.0562. The van der Waals surface area contributed by atoms with Crippen molar-refractivity contribution in [1.29, 1.82) is 0 Å². The van der Waals surface area contributed by atoms with Crippen molar-refractivity contribution in [2.75, 3.05) is 6.54 Å². The molecule has 1 aliphatic heterocycles. The highest BCUT2D eigenvalue weighted by molar-refractivity contribution is 5.88. The summed E-state index contributed by atoms with van der Waals surface area (Å²) in [6.07, 6.45) is 5.25. The molecule has 2 amide bonds. The number of amides is 2. The number of hydrogen-bond donors (Lipinski definition) is 1. The molecule has 1 atom stereocenters. The Bertz CT molecular complexity index is 440. The van der Waals surface area contributed by atoms with E-state index in [0.29, 0.717) is 13.0 Å². The summed E-state index contributed by atoms with van der Waals surface area (Å²) in [6.45, 7) is 0.618. The molecule has 0 spiro atoms. The van der Waals surface area contributed by atoms with Gasteiger partial charge in [-0.2, -0.15) is 5.10 Å². The van der Waals surface area contributed by atoms with Gasteiger partial charge in [0.05, 0.1) is 12.6 Å². The summed E-state index contributed by atoms with van der Waals surface area (Å²) in [5.41, 5.74) is 6.13. The van der Waals surface area contributed by atoms with E-state index in [1.165, 1.54) is 0 Å². The summed E-state index contributed by atoms with van der Waals surface area (Å²) in [7, 11) is 1.80. The molecule has 1 aromatic heterocycles. The quantitative estimate of drug-likeness (QED) is 0.763. The minimum Gasteiger partial charge on any atom is -0.368 e. The van der Waals surface area contributed by atoms with Gasteiger partial charge in [0, 0.05) is 19.8 Å². The van der Waals surface area contributed by atoms with Crippen LogP contribution in [-0.4, -0.2) is 39.1 Å². The average Bonchev–Trinajstić information content (AvgIpc) is 2.86. The van der Waals surface area contributed by atoms with E-state index in [1.807, 2.05) is 0 Å². The lowest BCUT2D eigenvalue weighted by molar-refractivity contribution is -0.136. The van der Waals surface area contributed by atoms with Crippen molar-refractivity contribution in [2.45, 2.75) is 25.3 Å². The predicted molar refractivity (Wildman–Crippen MR) is 60.8 cm³/mol. The van der Waals surface area contributed by atoms with Crippen molar-refractivity contribution < 1.29 is 9.59 Å². The Hall–Kier alpha value is -1.85. The summed E-state index contributed by atoms with van der Waals surface area (Å²) in [4.78, 5) is 24.8. The topological polar surface area (TPSA) is 81.2 Å². The molecule has 0 aliphatic carbocycles. The molecule has 0 bridgehead atoms. The minimum atomic E-state index is -0.431. The molecule has 1 aliphatic rings. The first-order chi connectivity index (χ1) is 8.08. The van der Waals surface area contributed by atoms with Crippen LogP contribution < -0.4 is 5.73 Å². The third-order valence-electron chi connectivity index (χ3n) is 3.02. The molecule has 1 aromatic rings. The smallest absolute Gasteiger partial charge is 0.240 e. The van der Waals surface area contributed by atoms with E-state index < -0.39 is 11.9 Å². The summed E-state index contributed by atoms with van der Waals surface area (Å²) in [5.74, 6) is -0.471. The number of nitrogens with two attached hydrogens (primary N) is 1. The molecule has 0 radical (unpaired) electrons. The average molecular weight is 236 g/mol. The molecule has 0 aromatic carbocycles. The molecule has 6 heteroatoms. The van der Waals surface area contributed by atoms with Crippen molar-refractivity contribution in [3.63, 3.8) is 0 Å². The number of carbonyl (C=O) groups excluding carboxylic acids is 2. The Balaban J connectivity index is 2.02. The van der Waals surface area contributed by atoms with Crippen molar-refractivity contribution in [2.24, 2.45) is 12.8 Å². The fourth-order valence-electron chi connectivity index (χ4n) is 2.20. The van der Waals surface area contributed by atoms with Crippen LogP contribution in [0.4, 0.5) is 0 Å². The highest BCUT2D eigenvalue weighted by Crippen LogP contribution is 2.18. The van der Waals surface area contributed by atoms with Gasteiger partial charge in [-0.3, -0.25) is 14.3 Å². The maximum atomic E-state index is 12.0. The molecule has 2 rings (SSSR count). The van der Waals surface area contributed by atoms with Crippen LogP contribution in [0.5, 0.6) is 0 Å². The molecule has 1 saturated heterocycles. The molecule has 2 heterocycles. The van der Waals surface area contributed by atoms with E-state index in [2.05, 4.69) is 5.10 Å². The molecule has 0 saturated carbocycles. The van der Waals surface area contributed by atoms with E-state index >= 15 is 0 Å². The molecular weight excluding hydrogens is 220 g/mol. The van der Waals surface area contributed by atoms with Crippen LogP contribution in [0.3, 0.4) is 0 Å². The Morgan fingerprint density at radius 2 is 2.35 bits per heavy atom. The molecule has 1 unspecified atom stereocenters. The molecule has 1 fully saturated rings. The lowest BCUT2D eigenvalue weighted by Gasteiger charge is -2.21. The first-order valence-electron chi connectivity index (χ1n) is 5.64. The predicted octanol–water partition coefficient (Wildman–Crippen LogP) is -0.561. The molecule has 92 valence electrons. The standard InChI is InChI=1S/C11H16N4O2/c1-14-7-8(6-13-14)5-10(16)15-4-2-3-9(15)11(12)17/h6-7,9H,2-5H2,1H3,(H2,12,17). The first kappa shape index (κ1) is 11.6. The number of primary amides is 1. The van der Waals surface area contributed by atoms with Crippen LogP contribution in [0.25, 0.3) is 0 Å². The zero-order valence-electron chi connectivity index (χ0n) is 9.80. The van der Waals surface area contributed by atoms with Crippen molar-refractivity contribution >= 4 is 11.8 Å². The fraction of sp³-hybridized carbons (Fsp3) is 0.545. The Kier molecular flexibility index (Phi) is 3.12. The second-order valence-corrected chi connectivity index (χ2v) is 4.35. The van der Waals surface area contributed by atoms with E-state index in [-0.39, 0.29) is 12.3 Å². The maximum Gasteiger partial charge on any atom is 0.240 e. The monoisotopic (exact) mass is 236 g/mol. The number of nitrogens with zero attached hydrogens (tertiary/aromatic N) is 3. The Labute approximate surface area is 99.4 Å². The zero-order valence-corrected chi connectivity index (χ0v) is 9.80. The van der Waals surface area contributed by atoms with E-state index in [4.69, 9.17) is 5.73 Å². The van der Waals surface area contributed by atoms with Gasteiger partial charge in [-0.15, -0.1) is 0 Å². The van der Waals surface area contributed by atoms with Gasteiger partial charge >= 0.3 is 0 Å². The summed E-state index contributed by atoms with van der Waals surface area (Å²) in [5, 5.41) is 4.00. The summed E-state index contributed by atoms with van der Waals surface area (Å²) in [6, 6.07) is -0.431. The van der Waals surface area contributed by atoms with Crippen LogP contribution in [0, 0.1) is 0 Å². The largest absolute Gasteiger partial charge is 0.368 e. The Morgan fingerprint density at radius 1 is 1.59 bits per heavy atom. The van der Waals surface area contributed by atoms with Crippen molar-refractivity contribution in [1.82, 2.24) is 14.7 Å². The second kappa shape index (κ2) is 4.57. The van der Waals surface area contributed by atoms with Gasteiger partial charge in [-0.05, 0) is 18.4 Å². The lowest BCUT2D eigenvalue weighted by Crippen LogP contribution is -2.44. The number of rotatable bonds is 3.